The van der Waals surface area contributed by atoms with Crippen LogP contribution in [0.2, 0.25) is 10.0 Å². The first-order valence-electron chi connectivity index (χ1n) is 7.71. The number of nitrogens with zero attached hydrogens (tertiary/aromatic N) is 3. The number of hydrogen-bond acceptors (Lipinski definition) is 4. The number of rotatable bonds is 4. The van der Waals surface area contributed by atoms with Crippen LogP contribution in [0.1, 0.15) is 11.9 Å². The highest BCUT2D eigenvalue weighted by Gasteiger charge is 2.28. The number of imidazole rings is 1. The number of carbonyl (C=O) groups excluding carboxylic acids is 1. The molecule has 1 aromatic heterocycles. The van der Waals surface area contributed by atoms with Gasteiger partial charge in [0.15, 0.2) is 0 Å². The van der Waals surface area contributed by atoms with Crippen molar-refractivity contribution in [1.29, 1.82) is 0 Å². The number of carbonyl (C=O) groups is 1. The Labute approximate surface area is 150 Å². The summed E-state index contributed by atoms with van der Waals surface area (Å²) in [6, 6.07) is 5.12. The van der Waals surface area contributed by atoms with Gasteiger partial charge in [-0.25, -0.2) is 4.98 Å². The van der Waals surface area contributed by atoms with Gasteiger partial charge in [0.25, 0.3) is 0 Å². The molecule has 1 aliphatic heterocycles. The van der Waals surface area contributed by atoms with E-state index in [0.29, 0.717) is 22.3 Å². The zero-order valence-electron chi connectivity index (χ0n) is 13.3. The lowest BCUT2D eigenvalue weighted by Gasteiger charge is -2.35. The standard InChI is InChI=1S/C16H19Cl2N5O/c1-22-6-5-20-16(22)14-9-19-4-7-23(14)10-15(24)21-11-2-3-12(17)13(18)8-11/h2-3,5-6,8,14,19H,4,7,9-10H2,1H3,(H,21,24). The molecule has 1 saturated heterocycles. The molecule has 6 nitrogen and oxygen atoms in total. The fourth-order valence-electron chi connectivity index (χ4n) is 2.85. The summed E-state index contributed by atoms with van der Waals surface area (Å²) in [5.74, 6) is 0.860. The van der Waals surface area contributed by atoms with Crippen LogP contribution in [0.3, 0.4) is 0 Å². The molecule has 1 aromatic carbocycles. The summed E-state index contributed by atoms with van der Waals surface area (Å²) in [6.07, 6.45) is 3.69. The fourth-order valence-corrected chi connectivity index (χ4v) is 3.15. The van der Waals surface area contributed by atoms with Crippen molar-refractivity contribution in [1.82, 2.24) is 19.8 Å². The molecule has 1 atom stereocenters. The van der Waals surface area contributed by atoms with Crippen molar-refractivity contribution in [3.05, 3.63) is 46.5 Å². The minimum Gasteiger partial charge on any atom is -0.337 e. The second-order valence-electron chi connectivity index (χ2n) is 5.76. The summed E-state index contributed by atoms with van der Waals surface area (Å²) in [7, 11) is 1.96. The van der Waals surface area contributed by atoms with E-state index in [1.807, 2.05) is 17.8 Å². The van der Waals surface area contributed by atoms with E-state index in [0.717, 1.165) is 25.5 Å². The third-order valence-electron chi connectivity index (χ3n) is 4.06. The highest BCUT2D eigenvalue weighted by Crippen LogP contribution is 2.25. The van der Waals surface area contributed by atoms with Gasteiger partial charge in [-0.1, -0.05) is 23.2 Å². The topological polar surface area (TPSA) is 62.2 Å². The molecule has 24 heavy (non-hydrogen) atoms. The summed E-state index contributed by atoms with van der Waals surface area (Å²) in [6.45, 7) is 2.69. The van der Waals surface area contributed by atoms with Crippen LogP contribution in [0.5, 0.6) is 0 Å². The molecule has 1 unspecified atom stereocenters. The molecule has 2 aromatic rings. The maximum absolute atomic E-state index is 12.4. The van der Waals surface area contributed by atoms with E-state index in [1.165, 1.54) is 0 Å². The average molecular weight is 368 g/mol. The van der Waals surface area contributed by atoms with Crippen molar-refractivity contribution in [3.63, 3.8) is 0 Å². The van der Waals surface area contributed by atoms with E-state index in [-0.39, 0.29) is 11.9 Å². The van der Waals surface area contributed by atoms with Crippen molar-refractivity contribution in [2.24, 2.45) is 7.05 Å². The Kier molecular flexibility index (Phi) is 5.40. The molecular weight excluding hydrogens is 349 g/mol. The predicted octanol–water partition coefficient (Wildman–Crippen LogP) is 2.31. The molecule has 0 saturated carbocycles. The van der Waals surface area contributed by atoms with Gasteiger partial charge >= 0.3 is 0 Å². The SMILES string of the molecule is Cn1ccnc1C1CNCCN1CC(=O)Nc1ccc(Cl)c(Cl)c1. The maximum atomic E-state index is 12.4. The number of aromatic nitrogens is 2. The van der Waals surface area contributed by atoms with E-state index < -0.39 is 0 Å². The van der Waals surface area contributed by atoms with Gasteiger partial charge in [-0.2, -0.15) is 0 Å². The van der Waals surface area contributed by atoms with Gasteiger partial charge in [-0.05, 0) is 18.2 Å². The summed E-state index contributed by atoms with van der Waals surface area (Å²) in [4.78, 5) is 19.0. The Morgan fingerprint density at radius 2 is 2.25 bits per heavy atom. The first-order chi connectivity index (χ1) is 11.5. The Balaban J connectivity index is 1.67. The number of benzene rings is 1. The second kappa shape index (κ2) is 7.53. The van der Waals surface area contributed by atoms with Crippen LogP contribution in [0.25, 0.3) is 0 Å². The lowest BCUT2D eigenvalue weighted by molar-refractivity contribution is -0.118. The normalized spacial score (nSPS) is 18.5. The molecule has 128 valence electrons. The molecular formula is C16H19Cl2N5O. The Hall–Kier alpha value is -1.60. The van der Waals surface area contributed by atoms with Gasteiger partial charge in [0.1, 0.15) is 5.82 Å². The Bertz CT molecular complexity index is 733. The molecule has 3 rings (SSSR count). The second-order valence-corrected chi connectivity index (χ2v) is 6.58. The van der Waals surface area contributed by atoms with Crippen molar-refractivity contribution in [2.75, 3.05) is 31.5 Å². The number of halogens is 2. The van der Waals surface area contributed by atoms with Gasteiger partial charge in [-0.15, -0.1) is 0 Å². The molecule has 2 heterocycles. The molecule has 0 radical (unpaired) electrons. The monoisotopic (exact) mass is 367 g/mol. The van der Waals surface area contributed by atoms with E-state index in [1.54, 1.807) is 24.4 Å². The van der Waals surface area contributed by atoms with E-state index in [9.17, 15) is 4.79 Å². The summed E-state index contributed by atoms with van der Waals surface area (Å²) >= 11 is 11.9. The first-order valence-corrected chi connectivity index (χ1v) is 8.47. The fraction of sp³-hybridized carbons (Fsp3) is 0.375. The highest BCUT2D eigenvalue weighted by atomic mass is 35.5. The first kappa shape index (κ1) is 17.2. The molecule has 2 N–H and O–H groups in total. The van der Waals surface area contributed by atoms with Gasteiger partial charge in [-0.3, -0.25) is 9.69 Å². The summed E-state index contributed by atoms with van der Waals surface area (Å²) < 4.78 is 1.99. The molecule has 1 aliphatic rings. The van der Waals surface area contributed by atoms with E-state index in [2.05, 4.69) is 20.5 Å². The number of anilines is 1. The van der Waals surface area contributed by atoms with E-state index >= 15 is 0 Å². The van der Waals surface area contributed by atoms with Crippen molar-refractivity contribution < 1.29 is 4.79 Å². The van der Waals surface area contributed by atoms with Crippen molar-refractivity contribution in [3.8, 4) is 0 Å². The zero-order valence-corrected chi connectivity index (χ0v) is 14.8. The Morgan fingerprint density at radius 3 is 2.96 bits per heavy atom. The van der Waals surface area contributed by atoms with Crippen LogP contribution in [0, 0.1) is 0 Å². The lowest BCUT2D eigenvalue weighted by atomic mass is 10.1. The van der Waals surface area contributed by atoms with Crippen LogP contribution in [-0.2, 0) is 11.8 Å². The zero-order chi connectivity index (χ0) is 17.1. The minimum atomic E-state index is -0.0884. The van der Waals surface area contributed by atoms with Crippen LogP contribution >= 0.6 is 23.2 Å². The largest absolute Gasteiger partial charge is 0.337 e. The van der Waals surface area contributed by atoms with Gasteiger partial charge in [0, 0.05) is 44.8 Å². The van der Waals surface area contributed by atoms with Crippen molar-refractivity contribution in [2.45, 2.75) is 6.04 Å². The van der Waals surface area contributed by atoms with Crippen LogP contribution in [0.4, 0.5) is 5.69 Å². The molecule has 8 heteroatoms. The highest BCUT2D eigenvalue weighted by molar-refractivity contribution is 6.42. The third-order valence-corrected chi connectivity index (χ3v) is 4.80. The van der Waals surface area contributed by atoms with Crippen LogP contribution in [-0.4, -0.2) is 46.5 Å². The van der Waals surface area contributed by atoms with Crippen LogP contribution in [0.15, 0.2) is 30.6 Å². The molecule has 1 fully saturated rings. The van der Waals surface area contributed by atoms with Crippen molar-refractivity contribution >= 4 is 34.8 Å². The third kappa shape index (κ3) is 3.89. The van der Waals surface area contributed by atoms with Crippen LogP contribution < -0.4 is 10.6 Å². The lowest BCUT2D eigenvalue weighted by Crippen LogP contribution is -2.49. The number of amides is 1. The average Bonchev–Trinajstić information content (AvgIpc) is 2.97. The number of nitrogens with one attached hydrogen (secondary N) is 2. The molecule has 0 aliphatic carbocycles. The van der Waals surface area contributed by atoms with Gasteiger partial charge < -0.3 is 15.2 Å². The molecule has 0 bridgehead atoms. The van der Waals surface area contributed by atoms with Gasteiger partial charge in [0.2, 0.25) is 5.91 Å². The Morgan fingerprint density at radius 1 is 1.42 bits per heavy atom. The number of hydrogen-bond donors (Lipinski definition) is 2. The molecule has 1 amide bonds. The summed E-state index contributed by atoms with van der Waals surface area (Å²) in [5.41, 5.74) is 0.637. The quantitative estimate of drug-likeness (QED) is 0.870. The number of piperazine rings is 1. The molecule has 0 spiro atoms. The predicted molar refractivity (Wildman–Crippen MR) is 95.5 cm³/mol. The number of aryl methyl sites for hydroxylation is 1. The van der Waals surface area contributed by atoms with E-state index in [4.69, 9.17) is 23.2 Å². The minimum absolute atomic E-state index is 0.0679. The maximum Gasteiger partial charge on any atom is 0.238 e. The van der Waals surface area contributed by atoms with Gasteiger partial charge in [0.05, 0.1) is 22.6 Å². The summed E-state index contributed by atoms with van der Waals surface area (Å²) in [5, 5.41) is 7.11. The smallest absolute Gasteiger partial charge is 0.238 e.